The second kappa shape index (κ2) is 8.30. The van der Waals surface area contributed by atoms with E-state index in [4.69, 9.17) is 11.2 Å². The van der Waals surface area contributed by atoms with Crippen molar-refractivity contribution in [2.75, 3.05) is 13.7 Å². The SMILES string of the molecule is C#CCNC(=O)C(C)NCc1cccc(COC)c1. The lowest BCUT2D eigenvalue weighted by Crippen LogP contribution is -2.41. The maximum absolute atomic E-state index is 11.6. The van der Waals surface area contributed by atoms with Gasteiger partial charge in [0.15, 0.2) is 0 Å². The quantitative estimate of drug-likeness (QED) is 0.721. The van der Waals surface area contributed by atoms with Crippen molar-refractivity contribution < 1.29 is 9.53 Å². The Bertz CT molecular complexity index is 452. The van der Waals surface area contributed by atoms with Crippen LogP contribution in [-0.2, 0) is 22.7 Å². The highest BCUT2D eigenvalue weighted by molar-refractivity contribution is 5.81. The minimum absolute atomic E-state index is 0.0917. The minimum atomic E-state index is -0.278. The van der Waals surface area contributed by atoms with Crippen LogP contribution in [0.4, 0.5) is 0 Å². The Morgan fingerprint density at radius 3 is 2.89 bits per heavy atom. The van der Waals surface area contributed by atoms with Gasteiger partial charge in [0, 0.05) is 13.7 Å². The molecule has 0 saturated carbocycles. The van der Waals surface area contributed by atoms with Crippen LogP contribution in [0.5, 0.6) is 0 Å². The summed E-state index contributed by atoms with van der Waals surface area (Å²) in [7, 11) is 1.67. The minimum Gasteiger partial charge on any atom is -0.380 e. The summed E-state index contributed by atoms with van der Waals surface area (Å²) in [5.41, 5.74) is 2.23. The zero-order valence-electron chi connectivity index (χ0n) is 11.4. The number of methoxy groups -OCH3 is 1. The van der Waals surface area contributed by atoms with Crippen molar-refractivity contribution in [1.82, 2.24) is 10.6 Å². The van der Waals surface area contributed by atoms with Crippen LogP contribution in [-0.4, -0.2) is 25.6 Å². The molecule has 4 heteroatoms. The first-order valence-corrected chi connectivity index (χ1v) is 6.18. The van der Waals surface area contributed by atoms with Gasteiger partial charge < -0.3 is 15.4 Å². The zero-order valence-corrected chi connectivity index (χ0v) is 11.4. The maximum Gasteiger partial charge on any atom is 0.237 e. The maximum atomic E-state index is 11.6. The van der Waals surface area contributed by atoms with E-state index < -0.39 is 0 Å². The Labute approximate surface area is 114 Å². The third kappa shape index (κ3) is 5.56. The van der Waals surface area contributed by atoms with Crippen molar-refractivity contribution in [3.8, 4) is 12.3 Å². The van der Waals surface area contributed by atoms with Crippen LogP contribution in [0.2, 0.25) is 0 Å². The number of carbonyl (C=O) groups excluding carboxylic acids is 1. The summed E-state index contributed by atoms with van der Waals surface area (Å²) in [5.74, 6) is 2.28. The van der Waals surface area contributed by atoms with Crippen LogP contribution >= 0.6 is 0 Å². The summed E-state index contributed by atoms with van der Waals surface area (Å²) in [6, 6.07) is 7.78. The van der Waals surface area contributed by atoms with Gasteiger partial charge >= 0.3 is 0 Å². The van der Waals surface area contributed by atoms with Crippen LogP contribution < -0.4 is 10.6 Å². The number of terminal acetylenes is 1. The molecule has 0 radical (unpaired) electrons. The second-order valence-electron chi connectivity index (χ2n) is 4.28. The molecule has 0 saturated heterocycles. The molecule has 1 atom stereocenters. The summed E-state index contributed by atoms with van der Waals surface area (Å²) < 4.78 is 5.09. The van der Waals surface area contributed by atoms with Crippen LogP contribution in [0, 0.1) is 12.3 Å². The predicted octanol–water partition coefficient (Wildman–Crippen LogP) is 1.06. The van der Waals surface area contributed by atoms with Crippen molar-refractivity contribution in [1.29, 1.82) is 0 Å². The molecular formula is C15H20N2O2. The fraction of sp³-hybridized carbons (Fsp3) is 0.400. The molecule has 1 aromatic carbocycles. The summed E-state index contributed by atoms with van der Waals surface area (Å²) >= 11 is 0. The highest BCUT2D eigenvalue weighted by atomic mass is 16.5. The highest BCUT2D eigenvalue weighted by Gasteiger charge is 2.10. The van der Waals surface area contributed by atoms with Gasteiger partial charge in [0.25, 0.3) is 0 Å². The molecule has 0 fully saturated rings. The van der Waals surface area contributed by atoms with E-state index in [0.717, 1.165) is 11.1 Å². The molecule has 0 aliphatic rings. The smallest absolute Gasteiger partial charge is 0.237 e. The number of nitrogens with one attached hydrogen (secondary N) is 2. The first kappa shape index (κ1) is 15.2. The van der Waals surface area contributed by atoms with Crippen molar-refractivity contribution in [2.45, 2.75) is 26.1 Å². The Kier molecular flexibility index (Phi) is 6.65. The molecule has 1 rings (SSSR count). The summed E-state index contributed by atoms with van der Waals surface area (Å²) in [4.78, 5) is 11.6. The molecule has 1 aromatic rings. The molecule has 19 heavy (non-hydrogen) atoms. The Balaban J connectivity index is 2.45. The van der Waals surface area contributed by atoms with E-state index in [-0.39, 0.29) is 18.5 Å². The monoisotopic (exact) mass is 260 g/mol. The Morgan fingerprint density at radius 2 is 2.21 bits per heavy atom. The second-order valence-corrected chi connectivity index (χ2v) is 4.28. The number of benzene rings is 1. The number of rotatable bonds is 7. The molecule has 1 amide bonds. The molecule has 0 bridgehead atoms. The lowest BCUT2D eigenvalue weighted by molar-refractivity contribution is -0.122. The van der Waals surface area contributed by atoms with Gasteiger partial charge in [0.2, 0.25) is 5.91 Å². The van der Waals surface area contributed by atoms with E-state index in [1.165, 1.54) is 0 Å². The van der Waals surface area contributed by atoms with Crippen LogP contribution in [0.25, 0.3) is 0 Å². The Morgan fingerprint density at radius 1 is 1.47 bits per heavy atom. The van der Waals surface area contributed by atoms with E-state index >= 15 is 0 Å². The van der Waals surface area contributed by atoms with Crippen LogP contribution in [0.3, 0.4) is 0 Å². The lowest BCUT2D eigenvalue weighted by atomic mass is 10.1. The highest BCUT2D eigenvalue weighted by Crippen LogP contribution is 2.06. The summed E-state index contributed by atoms with van der Waals surface area (Å²) in [6.07, 6.45) is 5.09. The molecule has 0 spiro atoms. The number of ether oxygens (including phenoxy) is 1. The molecular weight excluding hydrogens is 240 g/mol. The molecule has 1 unspecified atom stereocenters. The average molecular weight is 260 g/mol. The first-order chi connectivity index (χ1) is 9.17. The van der Waals surface area contributed by atoms with Gasteiger partial charge in [-0.05, 0) is 18.1 Å². The molecule has 4 nitrogen and oxygen atoms in total. The van der Waals surface area contributed by atoms with Gasteiger partial charge in [0.05, 0.1) is 19.2 Å². The van der Waals surface area contributed by atoms with Crippen molar-refractivity contribution in [2.24, 2.45) is 0 Å². The molecule has 0 aliphatic heterocycles. The molecule has 0 aliphatic carbocycles. The number of hydrogen-bond donors (Lipinski definition) is 2. The summed E-state index contributed by atoms with van der Waals surface area (Å²) in [6.45, 7) is 3.28. The van der Waals surface area contributed by atoms with Crippen LogP contribution in [0.15, 0.2) is 24.3 Å². The average Bonchev–Trinajstić information content (AvgIpc) is 2.43. The number of carbonyl (C=O) groups is 1. The first-order valence-electron chi connectivity index (χ1n) is 6.18. The summed E-state index contributed by atoms with van der Waals surface area (Å²) in [5, 5.41) is 5.80. The van der Waals surface area contributed by atoms with E-state index in [1.54, 1.807) is 7.11 Å². The zero-order chi connectivity index (χ0) is 14.1. The Hall–Kier alpha value is -1.83. The topological polar surface area (TPSA) is 50.4 Å². The van der Waals surface area contributed by atoms with Gasteiger partial charge in [0.1, 0.15) is 0 Å². The van der Waals surface area contributed by atoms with E-state index in [1.807, 2.05) is 25.1 Å². The van der Waals surface area contributed by atoms with Crippen LogP contribution in [0.1, 0.15) is 18.1 Å². The van der Waals surface area contributed by atoms with Crippen molar-refractivity contribution in [3.63, 3.8) is 0 Å². The van der Waals surface area contributed by atoms with Gasteiger partial charge in [-0.3, -0.25) is 4.79 Å². The van der Waals surface area contributed by atoms with E-state index in [9.17, 15) is 4.79 Å². The van der Waals surface area contributed by atoms with Gasteiger partial charge in [-0.25, -0.2) is 0 Å². The van der Waals surface area contributed by atoms with Crippen molar-refractivity contribution >= 4 is 5.91 Å². The van der Waals surface area contributed by atoms with Gasteiger partial charge in [-0.2, -0.15) is 0 Å². The van der Waals surface area contributed by atoms with Gasteiger partial charge in [-0.15, -0.1) is 6.42 Å². The lowest BCUT2D eigenvalue weighted by Gasteiger charge is -2.13. The third-order valence-electron chi connectivity index (χ3n) is 2.67. The van der Waals surface area contributed by atoms with E-state index in [2.05, 4.69) is 22.6 Å². The molecule has 2 N–H and O–H groups in total. The van der Waals surface area contributed by atoms with E-state index in [0.29, 0.717) is 13.2 Å². The largest absolute Gasteiger partial charge is 0.380 e. The third-order valence-corrected chi connectivity index (χ3v) is 2.67. The normalized spacial score (nSPS) is 11.6. The molecule has 0 aromatic heterocycles. The number of hydrogen-bond acceptors (Lipinski definition) is 3. The molecule has 102 valence electrons. The number of amides is 1. The fourth-order valence-electron chi connectivity index (χ4n) is 1.65. The molecule has 0 heterocycles. The fourth-order valence-corrected chi connectivity index (χ4v) is 1.65. The van der Waals surface area contributed by atoms with Crippen molar-refractivity contribution in [3.05, 3.63) is 35.4 Å². The predicted molar refractivity (Wildman–Crippen MR) is 75.3 cm³/mol. The van der Waals surface area contributed by atoms with Gasteiger partial charge in [-0.1, -0.05) is 30.2 Å². The standard InChI is InChI=1S/C15H20N2O2/c1-4-8-16-15(18)12(2)17-10-13-6-5-7-14(9-13)11-19-3/h1,5-7,9,12,17H,8,10-11H2,2-3H3,(H,16,18).